The fourth-order valence-electron chi connectivity index (χ4n) is 1.39. The molecule has 0 saturated carbocycles. The lowest BCUT2D eigenvalue weighted by molar-refractivity contribution is -0.182. The predicted molar refractivity (Wildman–Crippen MR) is 36.0 cm³/mol. The third-order valence-electron chi connectivity index (χ3n) is 2.01. The van der Waals surface area contributed by atoms with E-state index in [1.807, 2.05) is 0 Å². The summed E-state index contributed by atoms with van der Waals surface area (Å²) in [6.45, 7) is 0.237. The zero-order valence-corrected chi connectivity index (χ0v) is 6.43. The maximum Gasteiger partial charge on any atom is 0.409 e. The molecule has 0 aromatic carbocycles. The number of rotatable bonds is 0. The first-order valence-electron chi connectivity index (χ1n) is 3.79. The van der Waals surface area contributed by atoms with Crippen molar-refractivity contribution < 1.29 is 13.2 Å². The van der Waals surface area contributed by atoms with Crippen LogP contribution in [0.25, 0.3) is 0 Å². The maximum absolute atomic E-state index is 12.2. The first-order valence-corrected chi connectivity index (χ1v) is 3.79. The first kappa shape index (κ1) is 9.17. The van der Waals surface area contributed by atoms with Gasteiger partial charge in [0.15, 0.2) is 6.19 Å². The maximum atomic E-state index is 12.2. The van der Waals surface area contributed by atoms with Gasteiger partial charge in [0, 0.05) is 6.54 Å². The highest BCUT2D eigenvalue weighted by Crippen LogP contribution is 2.30. The Balaban J connectivity index is 2.67. The van der Waals surface area contributed by atoms with Crippen LogP contribution in [-0.2, 0) is 0 Å². The van der Waals surface area contributed by atoms with Gasteiger partial charge >= 0.3 is 6.18 Å². The first-order chi connectivity index (χ1) is 5.55. The fraction of sp³-hybridized carbons (Fsp3) is 0.857. The Morgan fingerprint density at radius 2 is 2.00 bits per heavy atom. The number of hydrogen-bond acceptors (Lipinski definition) is 2. The summed E-state index contributed by atoms with van der Waals surface area (Å²) in [6, 6.07) is -1.55. The second kappa shape index (κ2) is 3.21. The Morgan fingerprint density at radius 1 is 1.33 bits per heavy atom. The van der Waals surface area contributed by atoms with Gasteiger partial charge in [0.05, 0.1) is 0 Å². The lowest BCUT2D eigenvalue weighted by Crippen LogP contribution is -2.45. The van der Waals surface area contributed by atoms with Crippen LogP contribution in [0.2, 0.25) is 0 Å². The lowest BCUT2D eigenvalue weighted by atomic mass is 10.0. The van der Waals surface area contributed by atoms with Crippen LogP contribution < -0.4 is 0 Å². The fourth-order valence-corrected chi connectivity index (χ4v) is 1.39. The monoisotopic (exact) mass is 178 g/mol. The highest BCUT2D eigenvalue weighted by molar-refractivity contribution is 4.89. The highest BCUT2D eigenvalue weighted by Gasteiger charge is 2.44. The molecule has 1 saturated heterocycles. The molecule has 0 N–H and O–H groups in total. The minimum absolute atomic E-state index is 0.0526. The number of likely N-dealkylation sites (tertiary alicyclic amines) is 1. The van der Waals surface area contributed by atoms with Gasteiger partial charge < -0.3 is 0 Å². The molecule has 1 aliphatic rings. The molecule has 0 radical (unpaired) electrons. The smallest absolute Gasteiger partial charge is 0.298 e. The van der Waals surface area contributed by atoms with Crippen molar-refractivity contribution in [2.24, 2.45) is 0 Å². The molecule has 1 aliphatic heterocycles. The Kier molecular flexibility index (Phi) is 2.46. The Morgan fingerprint density at radius 3 is 2.42 bits per heavy atom. The van der Waals surface area contributed by atoms with Crippen LogP contribution in [0.1, 0.15) is 19.3 Å². The number of halogens is 3. The van der Waals surface area contributed by atoms with Crippen LogP contribution in [0.3, 0.4) is 0 Å². The summed E-state index contributed by atoms with van der Waals surface area (Å²) in [7, 11) is 0. The van der Waals surface area contributed by atoms with E-state index in [0.29, 0.717) is 12.8 Å². The number of alkyl halides is 3. The van der Waals surface area contributed by atoms with E-state index in [-0.39, 0.29) is 13.0 Å². The highest BCUT2D eigenvalue weighted by atomic mass is 19.4. The van der Waals surface area contributed by atoms with Crippen molar-refractivity contribution in [3.05, 3.63) is 0 Å². The SMILES string of the molecule is N#CN1CCCCC1C(F)(F)F. The standard InChI is InChI=1S/C7H9F3N2/c8-7(9,10)6-3-1-2-4-12(6)5-11/h6H,1-4H2. The van der Waals surface area contributed by atoms with Crippen molar-refractivity contribution in [2.45, 2.75) is 31.5 Å². The van der Waals surface area contributed by atoms with E-state index in [2.05, 4.69) is 0 Å². The van der Waals surface area contributed by atoms with Crippen molar-refractivity contribution in [2.75, 3.05) is 6.54 Å². The van der Waals surface area contributed by atoms with Crippen LogP contribution in [0, 0.1) is 11.5 Å². The molecule has 2 nitrogen and oxygen atoms in total. The summed E-state index contributed by atoms with van der Waals surface area (Å²) in [5.74, 6) is 0. The molecule has 1 atom stereocenters. The van der Waals surface area contributed by atoms with E-state index in [0.717, 1.165) is 4.90 Å². The normalized spacial score (nSPS) is 25.2. The summed E-state index contributed by atoms with van der Waals surface area (Å²) in [6.07, 6.45) is -1.39. The van der Waals surface area contributed by atoms with Crippen molar-refractivity contribution in [1.82, 2.24) is 4.90 Å². The van der Waals surface area contributed by atoms with Gasteiger partial charge in [-0.1, -0.05) is 0 Å². The van der Waals surface area contributed by atoms with E-state index in [1.165, 1.54) is 0 Å². The van der Waals surface area contributed by atoms with Gasteiger partial charge in [0.2, 0.25) is 0 Å². The topological polar surface area (TPSA) is 27.0 Å². The third-order valence-corrected chi connectivity index (χ3v) is 2.01. The molecule has 0 aromatic heterocycles. The van der Waals surface area contributed by atoms with Gasteiger partial charge in [-0.05, 0) is 19.3 Å². The molecule has 1 fully saturated rings. The van der Waals surface area contributed by atoms with E-state index in [4.69, 9.17) is 5.26 Å². The third kappa shape index (κ3) is 1.81. The molecule has 0 spiro atoms. The Hall–Kier alpha value is -0.920. The molecule has 1 heterocycles. The van der Waals surface area contributed by atoms with Crippen LogP contribution >= 0.6 is 0 Å². The van der Waals surface area contributed by atoms with Crippen LogP contribution in [0.5, 0.6) is 0 Å². The van der Waals surface area contributed by atoms with E-state index in [9.17, 15) is 13.2 Å². The van der Waals surface area contributed by atoms with Crippen LogP contribution in [0.4, 0.5) is 13.2 Å². The average Bonchev–Trinajstić information content (AvgIpc) is 2.03. The molecule has 0 bridgehead atoms. The van der Waals surface area contributed by atoms with Gasteiger partial charge in [-0.25, -0.2) is 0 Å². The minimum Gasteiger partial charge on any atom is -0.298 e. The van der Waals surface area contributed by atoms with E-state index < -0.39 is 12.2 Å². The predicted octanol–water partition coefficient (Wildman–Crippen LogP) is 1.88. The van der Waals surface area contributed by atoms with Crippen molar-refractivity contribution >= 4 is 0 Å². The molecule has 0 aromatic rings. The van der Waals surface area contributed by atoms with Gasteiger partial charge in [-0.3, -0.25) is 4.90 Å². The summed E-state index contributed by atoms with van der Waals surface area (Å²) < 4.78 is 36.6. The van der Waals surface area contributed by atoms with E-state index in [1.54, 1.807) is 6.19 Å². The van der Waals surface area contributed by atoms with Crippen LogP contribution in [0.15, 0.2) is 0 Å². The largest absolute Gasteiger partial charge is 0.409 e. The molecule has 1 rings (SSSR count). The lowest BCUT2D eigenvalue weighted by Gasteiger charge is -2.32. The molecule has 0 amide bonds. The molecule has 12 heavy (non-hydrogen) atoms. The second-order valence-corrected chi connectivity index (χ2v) is 2.85. The number of nitriles is 1. The number of nitrogens with zero attached hydrogens (tertiary/aromatic N) is 2. The Bertz CT molecular complexity index is 194. The molecule has 1 unspecified atom stereocenters. The van der Waals surface area contributed by atoms with Crippen molar-refractivity contribution in [3.8, 4) is 6.19 Å². The minimum atomic E-state index is -4.25. The Labute approximate surface area is 68.6 Å². The van der Waals surface area contributed by atoms with E-state index >= 15 is 0 Å². The summed E-state index contributed by atoms with van der Waals surface area (Å²) >= 11 is 0. The van der Waals surface area contributed by atoms with Gasteiger partial charge in [0.1, 0.15) is 6.04 Å². The number of hydrogen-bond donors (Lipinski definition) is 0. The molecule has 5 heteroatoms. The molecule has 68 valence electrons. The molecular formula is C7H9F3N2. The van der Waals surface area contributed by atoms with Crippen molar-refractivity contribution in [3.63, 3.8) is 0 Å². The summed E-state index contributed by atoms with van der Waals surface area (Å²) in [4.78, 5) is 0.823. The van der Waals surface area contributed by atoms with Gasteiger partial charge in [0.25, 0.3) is 0 Å². The second-order valence-electron chi connectivity index (χ2n) is 2.85. The zero-order valence-electron chi connectivity index (χ0n) is 6.43. The molecular weight excluding hydrogens is 169 g/mol. The zero-order chi connectivity index (χ0) is 9.19. The van der Waals surface area contributed by atoms with Gasteiger partial charge in [-0.2, -0.15) is 18.4 Å². The van der Waals surface area contributed by atoms with Crippen molar-refractivity contribution in [1.29, 1.82) is 5.26 Å². The number of piperidine rings is 1. The summed E-state index contributed by atoms with van der Waals surface area (Å²) in [5.41, 5.74) is 0. The summed E-state index contributed by atoms with van der Waals surface area (Å²) in [5, 5.41) is 8.40. The quantitative estimate of drug-likeness (QED) is 0.529. The average molecular weight is 178 g/mol. The molecule has 0 aliphatic carbocycles. The van der Waals surface area contributed by atoms with Gasteiger partial charge in [-0.15, -0.1) is 0 Å². The van der Waals surface area contributed by atoms with Crippen LogP contribution in [-0.4, -0.2) is 23.7 Å².